The first-order chi connectivity index (χ1) is 10.1. The number of amides is 2. The molecule has 1 aromatic carbocycles. The topological polar surface area (TPSA) is 73.2 Å². The fraction of sp³-hybridized carbons (Fsp3) is 0.438. The number of nitrogens with zero attached hydrogens (tertiary/aromatic N) is 2. The lowest BCUT2D eigenvalue weighted by Crippen LogP contribution is -2.48. The van der Waals surface area contributed by atoms with Gasteiger partial charge in [-0.25, -0.2) is 0 Å². The molecule has 21 heavy (non-hydrogen) atoms. The summed E-state index contributed by atoms with van der Waals surface area (Å²) >= 11 is 0. The molecule has 1 N–H and O–H groups in total. The highest BCUT2D eigenvalue weighted by Gasteiger charge is 2.23. The maximum atomic E-state index is 12.2. The third kappa shape index (κ3) is 3.82. The van der Waals surface area contributed by atoms with Crippen molar-refractivity contribution >= 4 is 11.8 Å². The van der Waals surface area contributed by atoms with Crippen LogP contribution in [0.25, 0.3) is 0 Å². The Morgan fingerprint density at radius 1 is 1.29 bits per heavy atom. The second-order valence-electron chi connectivity index (χ2n) is 5.27. The number of nitrogens with one attached hydrogen (secondary N) is 1. The summed E-state index contributed by atoms with van der Waals surface area (Å²) in [6, 6.07) is 7.89. The van der Waals surface area contributed by atoms with Crippen LogP contribution in [0.3, 0.4) is 0 Å². The monoisotopic (exact) mass is 285 g/mol. The van der Waals surface area contributed by atoms with Crippen molar-refractivity contribution in [3.8, 4) is 6.07 Å². The minimum absolute atomic E-state index is 0.0421. The Morgan fingerprint density at radius 3 is 2.67 bits per heavy atom. The van der Waals surface area contributed by atoms with E-state index in [1.807, 2.05) is 6.07 Å². The molecule has 5 nitrogen and oxygen atoms in total. The van der Waals surface area contributed by atoms with Gasteiger partial charge in [0.15, 0.2) is 0 Å². The molecule has 1 heterocycles. The van der Waals surface area contributed by atoms with Crippen molar-refractivity contribution < 1.29 is 9.59 Å². The maximum Gasteiger partial charge on any atom is 0.251 e. The van der Waals surface area contributed by atoms with E-state index in [9.17, 15) is 9.59 Å². The van der Waals surface area contributed by atoms with E-state index in [2.05, 4.69) is 5.32 Å². The second kappa shape index (κ2) is 6.89. The van der Waals surface area contributed by atoms with Crippen LogP contribution >= 0.6 is 0 Å². The largest absolute Gasteiger partial charge is 0.341 e. The van der Waals surface area contributed by atoms with E-state index in [-0.39, 0.29) is 11.8 Å². The van der Waals surface area contributed by atoms with Gasteiger partial charge in [-0.15, -0.1) is 0 Å². The second-order valence-corrected chi connectivity index (χ2v) is 5.27. The number of rotatable bonds is 3. The minimum atomic E-state index is -0.554. The zero-order valence-corrected chi connectivity index (χ0v) is 12.1. The fourth-order valence-electron chi connectivity index (χ4n) is 2.46. The van der Waals surface area contributed by atoms with E-state index in [4.69, 9.17) is 5.26 Å². The summed E-state index contributed by atoms with van der Waals surface area (Å²) in [5.74, 6) is -0.371. The van der Waals surface area contributed by atoms with Gasteiger partial charge >= 0.3 is 0 Å². The summed E-state index contributed by atoms with van der Waals surface area (Å²) in [6.07, 6.45) is 3.21. The SMILES string of the molecule is CC(NC(=O)c1cccc(C#N)c1)C(=O)N1CCCCC1. The van der Waals surface area contributed by atoms with E-state index in [0.29, 0.717) is 11.1 Å². The maximum absolute atomic E-state index is 12.2. The van der Waals surface area contributed by atoms with Crippen molar-refractivity contribution in [2.24, 2.45) is 0 Å². The quantitative estimate of drug-likeness (QED) is 0.918. The number of hydrogen-bond donors (Lipinski definition) is 1. The van der Waals surface area contributed by atoms with E-state index in [0.717, 1.165) is 32.4 Å². The van der Waals surface area contributed by atoms with E-state index < -0.39 is 6.04 Å². The van der Waals surface area contributed by atoms with Crippen molar-refractivity contribution in [1.29, 1.82) is 5.26 Å². The van der Waals surface area contributed by atoms with Crippen molar-refractivity contribution in [1.82, 2.24) is 10.2 Å². The highest BCUT2D eigenvalue weighted by atomic mass is 16.2. The number of hydrogen-bond acceptors (Lipinski definition) is 3. The Labute approximate surface area is 124 Å². The molecule has 1 aliphatic rings. The Morgan fingerprint density at radius 2 is 2.00 bits per heavy atom. The van der Waals surface area contributed by atoms with Crippen molar-refractivity contribution in [2.45, 2.75) is 32.2 Å². The zero-order valence-electron chi connectivity index (χ0n) is 12.1. The molecule has 0 saturated carbocycles. The molecule has 1 aliphatic heterocycles. The predicted molar refractivity (Wildman–Crippen MR) is 78.5 cm³/mol. The van der Waals surface area contributed by atoms with Crippen LogP contribution < -0.4 is 5.32 Å². The van der Waals surface area contributed by atoms with Gasteiger partial charge in [-0.05, 0) is 44.4 Å². The van der Waals surface area contributed by atoms with Crippen LogP contribution in [0, 0.1) is 11.3 Å². The van der Waals surface area contributed by atoms with Gasteiger partial charge < -0.3 is 10.2 Å². The van der Waals surface area contributed by atoms with Gasteiger partial charge in [0.1, 0.15) is 6.04 Å². The smallest absolute Gasteiger partial charge is 0.251 e. The number of carbonyl (C=O) groups excluding carboxylic acids is 2. The summed E-state index contributed by atoms with van der Waals surface area (Å²) in [6.45, 7) is 3.23. The molecule has 1 aromatic rings. The van der Waals surface area contributed by atoms with Crippen molar-refractivity contribution in [3.63, 3.8) is 0 Å². The third-order valence-corrected chi connectivity index (χ3v) is 3.64. The van der Waals surface area contributed by atoms with Gasteiger partial charge in [0.05, 0.1) is 11.6 Å². The molecular formula is C16H19N3O2. The first-order valence-electron chi connectivity index (χ1n) is 7.21. The summed E-state index contributed by atoms with van der Waals surface area (Å²) in [5, 5.41) is 11.5. The molecular weight excluding hydrogens is 266 g/mol. The highest BCUT2D eigenvalue weighted by Crippen LogP contribution is 2.10. The van der Waals surface area contributed by atoms with Gasteiger partial charge in [0.25, 0.3) is 5.91 Å². The van der Waals surface area contributed by atoms with Gasteiger partial charge in [0, 0.05) is 18.7 Å². The summed E-state index contributed by atoms with van der Waals surface area (Å²) < 4.78 is 0. The zero-order chi connectivity index (χ0) is 15.2. The first kappa shape index (κ1) is 15.0. The predicted octanol–water partition coefficient (Wildman–Crippen LogP) is 1.69. The first-order valence-corrected chi connectivity index (χ1v) is 7.21. The van der Waals surface area contributed by atoms with Crippen LogP contribution in [0.1, 0.15) is 42.1 Å². The van der Waals surface area contributed by atoms with Crippen LogP contribution in [0.15, 0.2) is 24.3 Å². The number of likely N-dealkylation sites (tertiary alicyclic amines) is 1. The average molecular weight is 285 g/mol. The molecule has 2 rings (SSSR count). The van der Waals surface area contributed by atoms with Crippen LogP contribution in [0.4, 0.5) is 0 Å². The van der Waals surface area contributed by atoms with Gasteiger partial charge in [-0.1, -0.05) is 6.07 Å². The normalized spacial score (nSPS) is 15.9. The fourth-order valence-corrected chi connectivity index (χ4v) is 2.46. The summed E-state index contributed by atoms with van der Waals surface area (Å²) in [7, 11) is 0. The molecule has 1 atom stereocenters. The summed E-state index contributed by atoms with van der Waals surface area (Å²) in [5.41, 5.74) is 0.824. The van der Waals surface area contributed by atoms with Crippen molar-refractivity contribution in [2.75, 3.05) is 13.1 Å². The van der Waals surface area contributed by atoms with Crippen molar-refractivity contribution in [3.05, 3.63) is 35.4 Å². The van der Waals surface area contributed by atoms with Gasteiger partial charge in [0.2, 0.25) is 5.91 Å². The Balaban J connectivity index is 1.98. The number of piperidine rings is 1. The average Bonchev–Trinajstić information content (AvgIpc) is 2.54. The van der Waals surface area contributed by atoms with Crippen LogP contribution in [-0.4, -0.2) is 35.8 Å². The van der Waals surface area contributed by atoms with Crippen LogP contribution in [0.5, 0.6) is 0 Å². The Hall–Kier alpha value is -2.35. The summed E-state index contributed by atoms with van der Waals surface area (Å²) in [4.78, 5) is 26.2. The van der Waals surface area contributed by atoms with Crippen LogP contribution in [-0.2, 0) is 4.79 Å². The Bertz CT molecular complexity index is 571. The van der Waals surface area contributed by atoms with Gasteiger partial charge in [-0.2, -0.15) is 5.26 Å². The molecule has 0 spiro atoms. The molecule has 0 aromatic heterocycles. The molecule has 110 valence electrons. The lowest BCUT2D eigenvalue weighted by atomic mass is 10.1. The molecule has 1 saturated heterocycles. The lowest BCUT2D eigenvalue weighted by Gasteiger charge is -2.29. The third-order valence-electron chi connectivity index (χ3n) is 3.64. The molecule has 1 fully saturated rings. The minimum Gasteiger partial charge on any atom is -0.341 e. The standard InChI is InChI=1S/C16H19N3O2/c1-12(16(21)19-8-3-2-4-9-19)18-15(20)14-7-5-6-13(10-14)11-17/h5-7,10,12H,2-4,8-9H2,1H3,(H,18,20). The van der Waals surface area contributed by atoms with Gasteiger partial charge in [-0.3, -0.25) is 9.59 Å². The number of nitriles is 1. The van der Waals surface area contributed by atoms with E-state index in [1.165, 1.54) is 6.07 Å². The Kier molecular flexibility index (Phi) is 4.94. The number of benzene rings is 1. The highest BCUT2D eigenvalue weighted by molar-refractivity contribution is 5.97. The molecule has 5 heteroatoms. The molecule has 0 radical (unpaired) electrons. The molecule has 2 amide bonds. The number of carbonyl (C=O) groups is 2. The van der Waals surface area contributed by atoms with E-state index in [1.54, 1.807) is 30.0 Å². The van der Waals surface area contributed by atoms with E-state index >= 15 is 0 Å². The molecule has 0 aliphatic carbocycles. The van der Waals surface area contributed by atoms with Crippen LogP contribution in [0.2, 0.25) is 0 Å². The molecule has 1 unspecified atom stereocenters. The molecule has 0 bridgehead atoms. The lowest BCUT2D eigenvalue weighted by molar-refractivity contribution is -0.133.